The summed E-state index contributed by atoms with van der Waals surface area (Å²) in [5, 5.41) is 12.6. The number of nitrogens with one attached hydrogen (secondary N) is 1. The number of aliphatic hydroxyl groups excluding tert-OH is 1. The SMILES string of the molecule is OCCC1(CNCC2=CCCOC2)CCC1. The summed E-state index contributed by atoms with van der Waals surface area (Å²) in [6, 6.07) is 0. The Morgan fingerprint density at radius 3 is 2.88 bits per heavy atom. The van der Waals surface area contributed by atoms with Gasteiger partial charge in [0.25, 0.3) is 0 Å². The van der Waals surface area contributed by atoms with Gasteiger partial charge in [0, 0.05) is 19.7 Å². The molecule has 2 N–H and O–H groups in total. The summed E-state index contributed by atoms with van der Waals surface area (Å²) in [6.45, 7) is 3.99. The van der Waals surface area contributed by atoms with Crippen molar-refractivity contribution in [3.05, 3.63) is 11.6 Å². The van der Waals surface area contributed by atoms with Crippen LogP contribution in [0.5, 0.6) is 0 Å². The summed E-state index contributed by atoms with van der Waals surface area (Å²) >= 11 is 0. The maximum absolute atomic E-state index is 9.06. The van der Waals surface area contributed by atoms with Crippen molar-refractivity contribution in [3.63, 3.8) is 0 Å². The summed E-state index contributed by atoms with van der Waals surface area (Å²) in [5.41, 5.74) is 1.77. The first-order valence-corrected chi connectivity index (χ1v) is 6.42. The molecule has 0 amide bonds. The summed E-state index contributed by atoms with van der Waals surface area (Å²) in [4.78, 5) is 0. The van der Waals surface area contributed by atoms with Crippen LogP contribution in [0.3, 0.4) is 0 Å². The Kier molecular flexibility index (Phi) is 4.38. The molecule has 0 unspecified atom stereocenters. The second-order valence-corrected chi connectivity index (χ2v) is 5.13. The Balaban J connectivity index is 1.68. The van der Waals surface area contributed by atoms with Crippen LogP contribution in [0, 0.1) is 5.41 Å². The summed E-state index contributed by atoms with van der Waals surface area (Å²) < 4.78 is 5.40. The molecular formula is C13H23NO2. The fourth-order valence-electron chi connectivity index (χ4n) is 2.65. The zero-order valence-corrected chi connectivity index (χ0v) is 10.0. The maximum atomic E-state index is 9.06. The van der Waals surface area contributed by atoms with Crippen LogP contribution in [-0.4, -0.2) is 38.0 Å². The van der Waals surface area contributed by atoms with E-state index < -0.39 is 0 Å². The smallest absolute Gasteiger partial charge is 0.0689 e. The summed E-state index contributed by atoms with van der Waals surface area (Å²) in [7, 11) is 0. The first kappa shape index (κ1) is 12.1. The van der Waals surface area contributed by atoms with Crippen molar-refractivity contribution < 1.29 is 9.84 Å². The molecule has 0 atom stereocenters. The lowest BCUT2D eigenvalue weighted by Gasteiger charge is -2.42. The highest BCUT2D eigenvalue weighted by atomic mass is 16.5. The van der Waals surface area contributed by atoms with Crippen LogP contribution in [0.4, 0.5) is 0 Å². The maximum Gasteiger partial charge on any atom is 0.0689 e. The van der Waals surface area contributed by atoms with Crippen molar-refractivity contribution in [1.29, 1.82) is 0 Å². The second-order valence-electron chi connectivity index (χ2n) is 5.13. The van der Waals surface area contributed by atoms with E-state index in [0.717, 1.165) is 39.1 Å². The fraction of sp³-hybridized carbons (Fsp3) is 0.846. The lowest BCUT2D eigenvalue weighted by molar-refractivity contribution is 0.0863. The highest BCUT2D eigenvalue weighted by Crippen LogP contribution is 2.43. The van der Waals surface area contributed by atoms with Crippen molar-refractivity contribution in [2.45, 2.75) is 32.1 Å². The van der Waals surface area contributed by atoms with E-state index in [9.17, 15) is 0 Å². The molecule has 2 rings (SSSR count). The Hall–Kier alpha value is -0.380. The lowest BCUT2D eigenvalue weighted by atomic mass is 9.67. The van der Waals surface area contributed by atoms with Crippen LogP contribution >= 0.6 is 0 Å². The molecule has 2 aliphatic rings. The van der Waals surface area contributed by atoms with E-state index in [-0.39, 0.29) is 0 Å². The van der Waals surface area contributed by atoms with E-state index in [1.165, 1.54) is 24.8 Å². The number of ether oxygens (including phenoxy) is 1. The van der Waals surface area contributed by atoms with E-state index in [1.54, 1.807) is 0 Å². The summed E-state index contributed by atoms with van der Waals surface area (Å²) in [6.07, 6.45) is 8.17. The van der Waals surface area contributed by atoms with E-state index in [0.29, 0.717) is 12.0 Å². The average Bonchev–Trinajstić information content (AvgIpc) is 2.27. The zero-order valence-electron chi connectivity index (χ0n) is 10.0. The molecule has 3 nitrogen and oxygen atoms in total. The number of aliphatic hydroxyl groups is 1. The zero-order chi connectivity index (χ0) is 11.3. The standard InChI is InChI=1S/C13H23NO2/c15-7-6-13(4-2-5-13)11-14-9-12-3-1-8-16-10-12/h3,14-15H,1-2,4-11H2. The third-order valence-corrected chi connectivity index (χ3v) is 3.89. The van der Waals surface area contributed by atoms with Gasteiger partial charge in [-0.25, -0.2) is 0 Å². The van der Waals surface area contributed by atoms with Gasteiger partial charge in [0.15, 0.2) is 0 Å². The molecule has 0 saturated heterocycles. The van der Waals surface area contributed by atoms with Gasteiger partial charge in [-0.15, -0.1) is 0 Å². The molecule has 0 radical (unpaired) electrons. The van der Waals surface area contributed by atoms with Gasteiger partial charge in [-0.2, -0.15) is 0 Å². The Labute approximate surface area is 97.9 Å². The van der Waals surface area contributed by atoms with E-state index in [4.69, 9.17) is 9.84 Å². The molecule has 1 fully saturated rings. The van der Waals surface area contributed by atoms with Crippen molar-refractivity contribution in [2.75, 3.05) is 32.9 Å². The predicted molar refractivity (Wildman–Crippen MR) is 64.4 cm³/mol. The van der Waals surface area contributed by atoms with Crippen LogP contribution in [0.25, 0.3) is 0 Å². The Morgan fingerprint density at radius 2 is 2.31 bits per heavy atom. The minimum atomic E-state index is 0.327. The monoisotopic (exact) mass is 225 g/mol. The molecule has 0 aromatic heterocycles. The van der Waals surface area contributed by atoms with Gasteiger partial charge in [-0.05, 0) is 36.7 Å². The molecule has 0 aromatic carbocycles. The molecule has 1 aliphatic heterocycles. The molecule has 1 saturated carbocycles. The topological polar surface area (TPSA) is 41.5 Å². The first-order chi connectivity index (χ1) is 7.85. The Morgan fingerprint density at radius 1 is 1.44 bits per heavy atom. The summed E-state index contributed by atoms with van der Waals surface area (Å²) in [5.74, 6) is 0. The largest absolute Gasteiger partial charge is 0.396 e. The van der Waals surface area contributed by atoms with Gasteiger partial charge in [0.05, 0.1) is 13.2 Å². The van der Waals surface area contributed by atoms with E-state index in [1.807, 2.05) is 0 Å². The highest BCUT2D eigenvalue weighted by molar-refractivity contribution is 5.07. The van der Waals surface area contributed by atoms with Crippen LogP contribution in [-0.2, 0) is 4.74 Å². The molecule has 0 aromatic rings. The molecule has 0 bridgehead atoms. The number of hydrogen-bond acceptors (Lipinski definition) is 3. The normalized spacial score (nSPS) is 23.7. The van der Waals surface area contributed by atoms with Crippen LogP contribution in [0.2, 0.25) is 0 Å². The minimum Gasteiger partial charge on any atom is -0.396 e. The van der Waals surface area contributed by atoms with Gasteiger partial charge >= 0.3 is 0 Å². The third kappa shape index (κ3) is 3.06. The molecule has 92 valence electrons. The predicted octanol–water partition coefficient (Wildman–Crippen LogP) is 1.48. The van der Waals surface area contributed by atoms with Crippen LogP contribution < -0.4 is 5.32 Å². The number of hydrogen-bond donors (Lipinski definition) is 2. The lowest BCUT2D eigenvalue weighted by Crippen LogP contribution is -2.41. The molecule has 1 heterocycles. The van der Waals surface area contributed by atoms with Gasteiger partial charge in [-0.3, -0.25) is 0 Å². The molecule has 3 heteroatoms. The number of rotatable bonds is 6. The first-order valence-electron chi connectivity index (χ1n) is 6.42. The van der Waals surface area contributed by atoms with Crippen molar-refractivity contribution in [1.82, 2.24) is 5.32 Å². The van der Waals surface area contributed by atoms with E-state index in [2.05, 4.69) is 11.4 Å². The van der Waals surface area contributed by atoms with Crippen molar-refractivity contribution in [2.24, 2.45) is 5.41 Å². The fourth-order valence-corrected chi connectivity index (χ4v) is 2.65. The molecule has 0 spiro atoms. The molecule has 16 heavy (non-hydrogen) atoms. The van der Waals surface area contributed by atoms with Gasteiger partial charge < -0.3 is 15.2 Å². The molecule has 1 aliphatic carbocycles. The second kappa shape index (κ2) is 5.80. The van der Waals surface area contributed by atoms with Gasteiger partial charge in [-0.1, -0.05) is 12.5 Å². The van der Waals surface area contributed by atoms with Gasteiger partial charge in [0.2, 0.25) is 0 Å². The third-order valence-electron chi connectivity index (χ3n) is 3.89. The highest BCUT2D eigenvalue weighted by Gasteiger charge is 2.35. The molecular weight excluding hydrogens is 202 g/mol. The average molecular weight is 225 g/mol. The van der Waals surface area contributed by atoms with Gasteiger partial charge in [0.1, 0.15) is 0 Å². The van der Waals surface area contributed by atoms with Crippen molar-refractivity contribution >= 4 is 0 Å². The van der Waals surface area contributed by atoms with Crippen LogP contribution in [0.1, 0.15) is 32.1 Å². The van der Waals surface area contributed by atoms with Crippen molar-refractivity contribution in [3.8, 4) is 0 Å². The quantitative estimate of drug-likeness (QED) is 0.673. The Bertz CT molecular complexity index is 246. The van der Waals surface area contributed by atoms with Crippen LogP contribution in [0.15, 0.2) is 11.6 Å². The van der Waals surface area contributed by atoms with E-state index >= 15 is 0 Å². The minimum absolute atomic E-state index is 0.327.